The van der Waals surface area contributed by atoms with Gasteiger partial charge < -0.3 is 10.1 Å². The number of rotatable bonds is 4. The van der Waals surface area contributed by atoms with E-state index in [1.165, 1.54) is 18.5 Å². The number of nitrogens with zero attached hydrogens (tertiary/aromatic N) is 2. The van der Waals surface area contributed by atoms with Crippen molar-refractivity contribution in [1.29, 1.82) is 0 Å². The average molecular weight is 297 g/mol. The van der Waals surface area contributed by atoms with E-state index in [0.29, 0.717) is 11.3 Å². The van der Waals surface area contributed by atoms with E-state index >= 15 is 0 Å². The number of fused-ring (bicyclic) bond motifs is 1. The molecule has 0 unspecified atom stereocenters. The molecular weight excluding hydrogens is 285 g/mol. The Morgan fingerprint density at radius 1 is 1.09 bits per heavy atom. The zero-order chi connectivity index (χ0) is 15.4. The van der Waals surface area contributed by atoms with Gasteiger partial charge in [0.2, 0.25) is 5.88 Å². The van der Waals surface area contributed by atoms with E-state index in [1.807, 2.05) is 18.2 Å². The highest BCUT2D eigenvalue weighted by Gasteiger charge is 2.09. The van der Waals surface area contributed by atoms with E-state index in [2.05, 4.69) is 15.3 Å². The molecular formula is C16H12FN3O2. The Bertz CT molecular complexity index is 818. The van der Waals surface area contributed by atoms with Gasteiger partial charge in [-0.05, 0) is 24.3 Å². The number of ether oxygens (including phenoxy) is 1. The van der Waals surface area contributed by atoms with Gasteiger partial charge in [0.15, 0.2) is 6.61 Å². The zero-order valence-corrected chi connectivity index (χ0v) is 11.5. The number of benzene rings is 2. The first-order valence-electron chi connectivity index (χ1n) is 6.61. The lowest BCUT2D eigenvalue weighted by Gasteiger charge is -2.08. The molecule has 1 aromatic heterocycles. The minimum atomic E-state index is -0.497. The first-order chi connectivity index (χ1) is 10.7. The Morgan fingerprint density at radius 2 is 1.86 bits per heavy atom. The van der Waals surface area contributed by atoms with Crippen molar-refractivity contribution in [2.24, 2.45) is 0 Å². The highest BCUT2D eigenvalue weighted by molar-refractivity contribution is 5.92. The fourth-order valence-corrected chi connectivity index (χ4v) is 1.98. The monoisotopic (exact) mass is 297 g/mol. The topological polar surface area (TPSA) is 64.1 Å². The molecule has 0 aliphatic heterocycles. The lowest BCUT2D eigenvalue weighted by Crippen LogP contribution is -2.21. The Labute approximate surface area is 125 Å². The van der Waals surface area contributed by atoms with Crippen molar-refractivity contribution >= 4 is 22.5 Å². The zero-order valence-electron chi connectivity index (χ0n) is 11.5. The molecule has 6 heteroatoms. The Kier molecular flexibility index (Phi) is 3.91. The van der Waals surface area contributed by atoms with Gasteiger partial charge in [-0.25, -0.2) is 14.4 Å². The Balaban J connectivity index is 1.69. The fourth-order valence-electron chi connectivity index (χ4n) is 1.98. The summed E-state index contributed by atoms with van der Waals surface area (Å²) in [6.45, 7) is -0.269. The molecule has 0 saturated carbocycles. The predicted octanol–water partition coefficient (Wildman–Crippen LogP) is 2.79. The summed E-state index contributed by atoms with van der Waals surface area (Å²) >= 11 is 0. The minimum Gasteiger partial charge on any atom is -0.467 e. The van der Waals surface area contributed by atoms with Gasteiger partial charge in [0, 0.05) is 0 Å². The molecule has 3 aromatic rings. The molecule has 110 valence electrons. The first-order valence-corrected chi connectivity index (χ1v) is 6.61. The molecule has 0 fully saturated rings. The third-order valence-corrected chi connectivity index (χ3v) is 2.99. The molecule has 3 rings (SSSR count). The van der Waals surface area contributed by atoms with Gasteiger partial charge in [-0.1, -0.05) is 24.3 Å². The van der Waals surface area contributed by atoms with E-state index < -0.39 is 11.7 Å². The molecule has 0 saturated heterocycles. The van der Waals surface area contributed by atoms with E-state index in [1.54, 1.807) is 18.2 Å². The molecule has 0 aliphatic rings. The number of hydrogen-bond donors (Lipinski definition) is 1. The van der Waals surface area contributed by atoms with Crippen LogP contribution in [-0.4, -0.2) is 22.5 Å². The molecule has 0 radical (unpaired) electrons. The van der Waals surface area contributed by atoms with Crippen LogP contribution in [0.5, 0.6) is 5.88 Å². The van der Waals surface area contributed by atoms with Gasteiger partial charge in [-0.2, -0.15) is 0 Å². The molecule has 0 atom stereocenters. The maximum Gasteiger partial charge on any atom is 0.262 e. The normalized spacial score (nSPS) is 10.4. The largest absolute Gasteiger partial charge is 0.467 e. The summed E-state index contributed by atoms with van der Waals surface area (Å²) in [7, 11) is 0. The number of hydrogen-bond acceptors (Lipinski definition) is 4. The van der Waals surface area contributed by atoms with Crippen LogP contribution in [-0.2, 0) is 4.79 Å². The van der Waals surface area contributed by atoms with Crippen molar-refractivity contribution in [1.82, 2.24) is 9.97 Å². The standard InChI is InChI=1S/C16H12FN3O2/c17-12-6-2-4-8-14(12)20-15(21)9-22-16-11-5-1-3-7-13(11)18-10-19-16/h1-8,10H,9H2,(H,20,21). The highest BCUT2D eigenvalue weighted by Crippen LogP contribution is 2.20. The highest BCUT2D eigenvalue weighted by atomic mass is 19.1. The third-order valence-electron chi connectivity index (χ3n) is 2.99. The molecule has 1 heterocycles. The first kappa shape index (κ1) is 13.9. The molecule has 0 aliphatic carbocycles. The maximum atomic E-state index is 13.4. The van der Waals surface area contributed by atoms with Gasteiger partial charge in [0.1, 0.15) is 12.1 Å². The van der Waals surface area contributed by atoms with Crippen LogP contribution in [0.25, 0.3) is 10.9 Å². The van der Waals surface area contributed by atoms with Crippen LogP contribution >= 0.6 is 0 Å². The number of anilines is 1. The van der Waals surface area contributed by atoms with Crippen LogP contribution in [0, 0.1) is 5.82 Å². The molecule has 0 bridgehead atoms. The van der Waals surface area contributed by atoms with E-state index in [9.17, 15) is 9.18 Å². The number of nitrogens with one attached hydrogen (secondary N) is 1. The third kappa shape index (κ3) is 3.01. The van der Waals surface area contributed by atoms with Gasteiger partial charge in [0.25, 0.3) is 5.91 Å². The number of carbonyl (C=O) groups is 1. The quantitative estimate of drug-likeness (QED) is 0.804. The number of carbonyl (C=O) groups excluding carboxylic acids is 1. The fraction of sp³-hybridized carbons (Fsp3) is 0.0625. The summed E-state index contributed by atoms with van der Waals surface area (Å²) in [6, 6.07) is 13.2. The lowest BCUT2D eigenvalue weighted by atomic mass is 10.2. The summed E-state index contributed by atoms with van der Waals surface area (Å²) in [5.41, 5.74) is 0.839. The Morgan fingerprint density at radius 3 is 2.73 bits per heavy atom. The Hall–Kier alpha value is -3.02. The van der Waals surface area contributed by atoms with Crippen LogP contribution in [0.4, 0.5) is 10.1 Å². The molecule has 1 amide bonds. The van der Waals surface area contributed by atoms with Crippen molar-refractivity contribution < 1.29 is 13.9 Å². The van der Waals surface area contributed by atoms with Crippen molar-refractivity contribution in [2.45, 2.75) is 0 Å². The summed E-state index contributed by atoms with van der Waals surface area (Å²) in [6.07, 6.45) is 1.37. The predicted molar refractivity (Wildman–Crippen MR) is 80.1 cm³/mol. The number of amides is 1. The van der Waals surface area contributed by atoms with Gasteiger partial charge in [0.05, 0.1) is 16.6 Å². The van der Waals surface area contributed by atoms with Gasteiger partial charge >= 0.3 is 0 Å². The SMILES string of the molecule is O=C(COc1ncnc2ccccc12)Nc1ccccc1F. The molecule has 22 heavy (non-hydrogen) atoms. The number of para-hydroxylation sites is 2. The smallest absolute Gasteiger partial charge is 0.262 e. The number of aromatic nitrogens is 2. The van der Waals surface area contributed by atoms with Gasteiger partial charge in [-0.15, -0.1) is 0 Å². The molecule has 2 aromatic carbocycles. The second-order valence-corrected chi connectivity index (χ2v) is 4.51. The average Bonchev–Trinajstić information content (AvgIpc) is 2.55. The van der Waals surface area contributed by atoms with E-state index in [-0.39, 0.29) is 12.3 Å². The second kappa shape index (κ2) is 6.17. The van der Waals surface area contributed by atoms with E-state index in [4.69, 9.17) is 4.74 Å². The van der Waals surface area contributed by atoms with Crippen molar-refractivity contribution in [3.8, 4) is 5.88 Å². The van der Waals surface area contributed by atoms with Crippen molar-refractivity contribution in [3.05, 3.63) is 60.7 Å². The summed E-state index contributed by atoms with van der Waals surface area (Å²) in [5.74, 6) is -0.648. The van der Waals surface area contributed by atoms with E-state index in [0.717, 1.165) is 5.52 Å². The summed E-state index contributed by atoms with van der Waals surface area (Å²) in [4.78, 5) is 20.0. The molecule has 0 spiro atoms. The lowest BCUT2D eigenvalue weighted by molar-refractivity contribution is -0.118. The second-order valence-electron chi connectivity index (χ2n) is 4.51. The van der Waals surface area contributed by atoms with Crippen LogP contribution in [0.2, 0.25) is 0 Å². The van der Waals surface area contributed by atoms with Crippen LogP contribution in [0.15, 0.2) is 54.9 Å². The summed E-state index contributed by atoms with van der Waals surface area (Å²) < 4.78 is 18.9. The van der Waals surface area contributed by atoms with Crippen molar-refractivity contribution in [3.63, 3.8) is 0 Å². The van der Waals surface area contributed by atoms with Crippen LogP contribution in [0.3, 0.4) is 0 Å². The molecule has 1 N–H and O–H groups in total. The van der Waals surface area contributed by atoms with Crippen LogP contribution < -0.4 is 10.1 Å². The summed E-state index contributed by atoms with van der Waals surface area (Å²) in [5, 5.41) is 3.16. The van der Waals surface area contributed by atoms with Crippen LogP contribution in [0.1, 0.15) is 0 Å². The van der Waals surface area contributed by atoms with Crippen molar-refractivity contribution in [2.75, 3.05) is 11.9 Å². The minimum absolute atomic E-state index is 0.114. The van der Waals surface area contributed by atoms with Gasteiger partial charge in [-0.3, -0.25) is 4.79 Å². The maximum absolute atomic E-state index is 13.4. The molecule has 5 nitrogen and oxygen atoms in total. The number of halogens is 1.